The Kier molecular flexibility index (Phi) is 28.6. The van der Waals surface area contributed by atoms with Crippen LogP contribution in [0.5, 0.6) is 0 Å². The molecule has 9 aromatic rings. The van der Waals surface area contributed by atoms with Gasteiger partial charge >= 0.3 is 25.0 Å². The number of aromatic nitrogens is 6. The Bertz CT molecular complexity index is 3680. The molecular formula is C63H76BClF3N9O9. The molecule has 0 unspecified atom stereocenters. The van der Waals surface area contributed by atoms with Crippen molar-refractivity contribution in [2.24, 2.45) is 0 Å². The summed E-state index contributed by atoms with van der Waals surface area (Å²) in [5.41, 5.74) is 7.74. The van der Waals surface area contributed by atoms with E-state index in [4.69, 9.17) is 46.2 Å². The first-order chi connectivity index (χ1) is 39.4. The number of fused-ring (bicyclic) bond motifs is 3. The van der Waals surface area contributed by atoms with Gasteiger partial charge in [0.15, 0.2) is 22.6 Å². The van der Waals surface area contributed by atoms with Crippen LogP contribution in [-0.4, -0.2) is 136 Å². The number of carbonyl (C=O) groups excluding carboxylic acids is 2. The fraction of sp³-hybridized carbons (Fsp3) is 0.286. The van der Waals surface area contributed by atoms with Crippen LogP contribution >= 0.6 is 11.6 Å². The average molecular weight is 1210 g/mol. The molecule has 0 saturated heterocycles. The van der Waals surface area contributed by atoms with Crippen LogP contribution in [0.15, 0.2) is 127 Å². The normalized spacial score (nSPS) is 10.3. The molecule has 458 valence electrons. The van der Waals surface area contributed by atoms with Crippen molar-refractivity contribution in [3.8, 4) is 22.5 Å². The topological polar surface area (TPSA) is 238 Å². The monoisotopic (exact) mass is 1210 g/mol. The second-order valence-electron chi connectivity index (χ2n) is 19.1. The zero-order valence-corrected chi connectivity index (χ0v) is 48.6. The number of carboxylic acid groups (broad SMARTS) is 1. The molecule has 0 amide bonds. The van der Waals surface area contributed by atoms with Crippen LogP contribution in [-0.2, 0) is 9.47 Å². The quantitative estimate of drug-likeness (QED) is 0.0657. The smallest absolute Gasteiger partial charge is 0.478 e. The standard InChI is InChI=1S/C20H20FN3O2.C19H18FN3O2.C14H16ClN3O2.C6H6BFO2.CH4O.3CH4/c1-12(2)24(3)19-18(13-5-8-15(21)9-6-13)22-16-10-7-14(20(25)26-4)11-17(16)23-19;1-11(2)23(3)18-17(12-4-7-14(20)8-5-12)21-15-9-6-13(19(24)25)10-16(15)22-18;1-8(2)18(3)13-12(15)16-10-6-5-9(14(19)20-4)7-11(10)17-13;8-6-3-1-5(2-4-6)7(9)10;1-2;;;/h5-12H,1-4H3;4-11H,1-3H3,(H,24,25);5-8H,1-4H3;1-4,9-10H;2H,1H3;3*1H4. The van der Waals surface area contributed by atoms with E-state index in [1.54, 1.807) is 66.7 Å². The van der Waals surface area contributed by atoms with Gasteiger partial charge in [0.2, 0.25) is 0 Å². The third kappa shape index (κ3) is 18.8. The predicted octanol–water partition coefficient (Wildman–Crippen LogP) is 12.0. The lowest BCUT2D eigenvalue weighted by Gasteiger charge is -2.25. The number of carbonyl (C=O) groups is 3. The number of ether oxygens (including phenoxy) is 2. The van der Waals surface area contributed by atoms with Gasteiger partial charge in [0.05, 0.1) is 64.0 Å². The van der Waals surface area contributed by atoms with Gasteiger partial charge in [0.25, 0.3) is 0 Å². The van der Waals surface area contributed by atoms with E-state index in [-0.39, 0.29) is 63.4 Å². The van der Waals surface area contributed by atoms with Gasteiger partial charge in [-0.25, -0.2) is 57.5 Å². The lowest BCUT2D eigenvalue weighted by Crippen LogP contribution is -2.29. The fourth-order valence-corrected chi connectivity index (χ4v) is 7.69. The highest BCUT2D eigenvalue weighted by molar-refractivity contribution is 6.58. The minimum atomic E-state index is -1.51. The van der Waals surface area contributed by atoms with E-state index in [2.05, 4.69) is 19.9 Å². The van der Waals surface area contributed by atoms with E-state index >= 15 is 0 Å². The molecule has 86 heavy (non-hydrogen) atoms. The van der Waals surface area contributed by atoms with Crippen LogP contribution < -0.4 is 20.2 Å². The third-order valence-electron chi connectivity index (χ3n) is 12.7. The van der Waals surface area contributed by atoms with Gasteiger partial charge in [-0.3, -0.25) is 0 Å². The van der Waals surface area contributed by atoms with Crippen molar-refractivity contribution in [1.82, 2.24) is 29.9 Å². The largest absolute Gasteiger partial charge is 0.488 e. The molecule has 6 aromatic carbocycles. The molecule has 9 rings (SSSR count). The number of nitrogens with zero attached hydrogens (tertiary/aromatic N) is 9. The molecule has 0 radical (unpaired) electrons. The van der Waals surface area contributed by atoms with Crippen LogP contribution in [0.25, 0.3) is 55.6 Å². The first-order valence-corrected chi connectivity index (χ1v) is 26.1. The maximum absolute atomic E-state index is 13.3. The summed E-state index contributed by atoms with van der Waals surface area (Å²) in [5, 5.41) is 33.6. The van der Waals surface area contributed by atoms with E-state index in [0.717, 1.165) is 18.2 Å². The molecule has 0 aliphatic rings. The maximum atomic E-state index is 13.3. The van der Waals surface area contributed by atoms with Crippen molar-refractivity contribution < 1.29 is 57.3 Å². The van der Waals surface area contributed by atoms with Crippen molar-refractivity contribution in [3.63, 3.8) is 0 Å². The van der Waals surface area contributed by atoms with Gasteiger partial charge in [-0.2, -0.15) is 0 Å². The number of methoxy groups -OCH3 is 2. The molecule has 23 heteroatoms. The van der Waals surface area contributed by atoms with E-state index in [1.165, 1.54) is 74.9 Å². The average Bonchev–Trinajstić information content (AvgIpc) is 2.65. The Morgan fingerprint density at radius 1 is 0.465 bits per heavy atom. The zero-order valence-electron chi connectivity index (χ0n) is 47.8. The Morgan fingerprint density at radius 3 is 1.09 bits per heavy atom. The number of aliphatic hydroxyl groups excluding tert-OH is 1. The molecule has 0 fully saturated rings. The molecule has 3 heterocycles. The number of halogens is 4. The van der Waals surface area contributed by atoms with Crippen LogP contribution in [0.3, 0.4) is 0 Å². The summed E-state index contributed by atoms with van der Waals surface area (Å²) in [4.78, 5) is 68.0. The van der Waals surface area contributed by atoms with Crippen LogP contribution in [0.4, 0.5) is 30.6 Å². The number of rotatable bonds is 12. The van der Waals surface area contributed by atoms with Gasteiger partial charge in [-0.1, -0.05) is 46.0 Å². The number of hydrogen-bond acceptors (Lipinski definition) is 17. The lowest BCUT2D eigenvalue weighted by atomic mass is 9.80. The highest BCUT2D eigenvalue weighted by Crippen LogP contribution is 2.33. The fourth-order valence-electron chi connectivity index (χ4n) is 7.42. The van der Waals surface area contributed by atoms with E-state index in [1.807, 2.05) is 77.4 Å². The molecule has 0 spiro atoms. The number of hydrogen-bond donors (Lipinski definition) is 4. The summed E-state index contributed by atoms with van der Waals surface area (Å²) in [6.45, 7) is 12.2. The number of anilines is 3. The molecule has 4 N–H and O–H groups in total. The van der Waals surface area contributed by atoms with Crippen molar-refractivity contribution in [2.45, 2.75) is 81.9 Å². The number of aliphatic hydroxyl groups is 1. The summed E-state index contributed by atoms with van der Waals surface area (Å²) < 4.78 is 48.2. The summed E-state index contributed by atoms with van der Waals surface area (Å²) in [6, 6.07) is 32.6. The minimum Gasteiger partial charge on any atom is -0.478 e. The maximum Gasteiger partial charge on any atom is 0.488 e. The Balaban J connectivity index is 0.000000398. The van der Waals surface area contributed by atoms with Crippen molar-refractivity contribution in [2.75, 3.05) is 57.2 Å². The van der Waals surface area contributed by atoms with Gasteiger partial charge < -0.3 is 44.4 Å². The number of benzene rings is 6. The molecule has 0 saturated carbocycles. The Morgan fingerprint density at radius 2 is 0.767 bits per heavy atom. The van der Waals surface area contributed by atoms with E-state index in [9.17, 15) is 32.7 Å². The predicted molar refractivity (Wildman–Crippen MR) is 339 cm³/mol. The molecule has 18 nitrogen and oxygen atoms in total. The lowest BCUT2D eigenvalue weighted by molar-refractivity contribution is 0.0592. The first-order valence-electron chi connectivity index (χ1n) is 25.7. The van der Waals surface area contributed by atoms with Crippen LogP contribution in [0, 0.1) is 17.5 Å². The van der Waals surface area contributed by atoms with Crippen molar-refractivity contribution in [3.05, 3.63) is 167 Å². The second kappa shape index (κ2) is 33.6. The van der Waals surface area contributed by atoms with Crippen molar-refractivity contribution >= 4 is 92.6 Å². The third-order valence-corrected chi connectivity index (χ3v) is 13.0. The first kappa shape index (κ1) is 73.3. The van der Waals surface area contributed by atoms with Crippen LogP contribution in [0.2, 0.25) is 5.15 Å². The molecule has 0 aliphatic carbocycles. The highest BCUT2D eigenvalue weighted by Gasteiger charge is 2.21. The van der Waals surface area contributed by atoms with Crippen molar-refractivity contribution in [1.29, 1.82) is 0 Å². The number of aromatic carboxylic acids is 1. The zero-order chi connectivity index (χ0) is 61.4. The molecule has 0 bridgehead atoms. The summed E-state index contributed by atoms with van der Waals surface area (Å²) >= 11 is 6.16. The highest BCUT2D eigenvalue weighted by atomic mass is 35.5. The molecular weight excluding hydrogens is 1130 g/mol. The summed E-state index contributed by atoms with van der Waals surface area (Å²) in [6.07, 6.45) is 0. The number of carboxylic acids is 1. The van der Waals surface area contributed by atoms with E-state index in [0.29, 0.717) is 83.7 Å². The Labute approximate surface area is 506 Å². The van der Waals surface area contributed by atoms with E-state index < -0.39 is 25.0 Å². The molecule has 3 aromatic heterocycles. The summed E-state index contributed by atoms with van der Waals surface area (Å²) in [7, 11) is 7.90. The minimum absolute atomic E-state index is 0. The second-order valence-corrected chi connectivity index (χ2v) is 19.4. The number of esters is 2. The van der Waals surface area contributed by atoms with Gasteiger partial charge in [0.1, 0.15) is 28.8 Å². The Hall–Kier alpha value is -8.83. The van der Waals surface area contributed by atoms with Gasteiger partial charge in [-0.05, 0) is 162 Å². The molecule has 0 atom stereocenters. The van der Waals surface area contributed by atoms with Gasteiger partial charge in [-0.15, -0.1) is 0 Å². The van der Waals surface area contributed by atoms with Crippen LogP contribution in [0.1, 0.15) is 94.9 Å². The van der Waals surface area contributed by atoms with Gasteiger partial charge in [0, 0.05) is 57.5 Å². The SMILES string of the molecule is C.C.C.CC(C)N(C)c1nc2cc(C(=O)O)ccc2nc1-c1ccc(F)cc1.CO.COC(=O)c1ccc2nc(-c3ccc(F)cc3)c(N(C)C(C)C)nc2c1.COC(=O)c1ccc2nc(Cl)c(N(C)C(C)C)nc2c1.OB(O)c1ccc(F)cc1. The summed E-state index contributed by atoms with van der Waals surface area (Å²) in [5.74, 6) is -0.952. The molecule has 0 aliphatic heterocycles.